The number of halogens is 3. The number of piperidine rings is 1. The Morgan fingerprint density at radius 3 is 2.37 bits per heavy atom. The van der Waals surface area contributed by atoms with Crippen LogP contribution in [0.25, 0.3) is 0 Å². The molecule has 0 unspecified atom stereocenters. The van der Waals surface area contributed by atoms with Crippen molar-refractivity contribution >= 4 is 39.1 Å². The van der Waals surface area contributed by atoms with Gasteiger partial charge in [0, 0.05) is 48.2 Å². The molecule has 30 heavy (non-hydrogen) atoms. The third-order valence-corrected chi connectivity index (χ3v) is 7.71. The first kappa shape index (κ1) is 23.0. The molecule has 5 nitrogen and oxygen atoms in total. The molecule has 1 heterocycles. The predicted molar refractivity (Wildman–Crippen MR) is 116 cm³/mol. The van der Waals surface area contributed by atoms with Gasteiger partial charge >= 0.3 is 0 Å². The van der Waals surface area contributed by atoms with Gasteiger partial charge in [-0.3, -0.25) is 4.79 Å². The second-order valence-electron chi connectivity index (χ2n) is 7.45. The average molecular weight is 473 g/mol. The second-order valence-corrected chi connectivity index (χ2v) is 10.3. The molecule has 1 fully saturated rings. The summed E-state index contributed by atoms with van der Waals surface area (Å²) >= 11 is 11.9. The number of hydrogen-bond acceptors (Lipinski definition) is 3. The second kappa shape index (κ2) is 9.64. The molecule has 0 aliphatic carbocycles. The fraction of sp³-hybridized carbons (Fsp3) is 0.381. The van der Waals surface area contributed by atoms with Gasteiger partial charge in [0.25, 0.3) is 0 Å². The third-order valence-electron chi connectivity index (χ3n) is 5.29. The molecule has 0 bridgehead atoms. The molecule has 1 saturated heterocycles. The highest BCUT2D eigenvalue weighted by Gasteiger charge is 2.33. The minimum Gasteiger partial charge on any atom is -0.341 e. The Morgan fingerprint density at radius 2 is 1.77 bits per heavy atom. The minimum atomic E-state index is -3.73. The number of nitrogens with zero attached hydrogens (tertiary/aromatic N) is 2. The largest absolute Gasteiger partial charge is 0.341 e. The molecule has 2 aromatic carbocycles. The molecule has 0 radical (unpaired) electrons. The van der Waals surface area contributed by atoms with Gasteiger partial charge in [0.1, 0.15) is 5.82 Å². The van der Waals surface area contributed by atoms with Crippen molar-refractivity contribution in [2.24, 2.45) is 5.92 Å². The van der Waals surface area contributed by atoms with E-state index < -0.39 is 21.6 Å². The van der Waals surface area contributed by atoms with E-state index in [-0.39, 0.29) is 35.5 Å². The quantitative estimate of drug-likeness (QED) is 0.628. The molecule has 3 rings (SSSR count). The van der Waals surface area contributed by atoms with Crippen molar-refractivity contribution in [1.29, 1.82) is 0 Å². The van der Waals surface area contributed by atoms with Gasteiger partial charge in [-0.05, 0) is 42.7 Å². The number of sulfonamides is 1. The van der Waals surface area contributed by atoms with Crippen molar-refractivity contribution < 1.29 is 17.6 Å². The summed E-state index contributed by atoms with van der Waals surface area (Å²) in [6.07, 6.45) is 0.849. The zero-order valence-corrected chi connectivity index (χ0v) is 18.9. The molecular formula is C21H23Cl2FN2O3S. The van der Waals surface area contributed by atoms with Crippen LogP contribution in [0.2, 0.25) is 10.0 Å². The molecule has 0 atom stereocenters. The summed E-state index contributed by atoms with van der Waals surface area (Å²) in [7, 11) is -2.00. The molecule has 162 valence electrons. The van der Waals surface area contributed by atoms with Gasteiger partial charge in [0.05, 0.1) is 5.75 Å². The van der Waals surface area contributed by atoms with Crippen molar-refractivity contribution in [3.8, 4) is 0 Å². The van der Waals surface area contributed by atoms with Gasteiger partial charge in [-0.1, -0.05) is 41.4 Å². The standard InChI is InChI=1S/C21H23Cl2FN2O3S/c1-25(13-15-5-7-17(22)8-6-15)21(27)16-9-11-26(12-10-16)30(28,29)14-18-19(23)3-2-4-20(18)24/h2-8,16H,9-14H2,1H3. The molecular weight excluding hydrogens is 450 g/mol. The SMILES string of the molecule is CN(Cc1ccc(Cl)cc1)C(=O)C1CCN(S(=O)(=O)Cc2c(F)cccc2Cl)CC1. The van der Waals surface area contributed by atoms with E-state index in [0.29, 0.717) is 24.4 Å². The van der Waals surface area contributed by atoms with Crippen molar-refractivity contribution in [2.75, 3.05) is 20.1 Å². The number of benzene rings is 2. The van der Waals surface area contributed by atoms with Crippen LogP contribution in [-0.4, -0.2) is 43.7 Å². The van der Waals surface area contributed by atoms with Crippen LogP contribution in [0.4, 0.5) is 4.39 Å². The lowest BCUT2D eigenvalue weighted by molar-refractivity contribution is -0.135. The van der Waals surface area contributed by atoms with Crippen molar-refractivity contribution in [2.45, 2.75) is 25.1 Å². The Labute approximate surface area is 186 Å². The fourth-order valence-electron chi connectivity index (χ4n) is 3.58. The molecule has 2 aromatic rings. The zero-order valence-electron chi connectivity index (χ0n) is 16.5. The van der Waals surface area contributed by atoms with Gasteiger partial charge in [0.15, 0.2) is 0 Å². The first-order valence-electron chi connectivity index (χ1n) is 9.57. The van der Waals surface area contributed by atoms with Crippen molar-refractivity contribution in [3.05, 3.63) is 69.5 Å². The van der Waals surface area contributed by atoms with Crippen LogP contribution in [-0.2, 0) is 27.1 Å². The molecule has 1 amide bonds. The van der Waals surface area contributed by atoms with E-state index in [2.05, 4.69) is 0 Å². The Hall–Kier alpha value is -1.67. The maximum atomic E-state index is 14.0. The van der Waals surface area contributed by atoms with Crippen LogP contribution in [0.15, 0.2) is 42.5 Å². The maximum absolute atomic E-state index is 14.0. The van der Waals surface area contributed by atoms with Crippen molar-refractivity contribution in [1.82, 2.24) is 9.21 Å². The third kappa shape index (κ3) is 5.52. The smallest absolute Gasteiger partial charge is 0.225 e. The highest BCUT2D eigenvalue weighted by Crippen LogP contribution is 2.27. The van der Waals surface area contributed by atoms with E-state index >= 15 is 0 Å². The number of rotatable bonds is 6. The van der Waals surface area contributed by atoms with Crippen LogP contribution >= 0.6 is 23.2 Å². The first-order valence-corrected chi connectivity index (χ1v) is 11.9. The van der Waals surface area contributed by atoms with E-state index in [9.17, 15) is 17.6 Å². The molecule has 1 aliphatic rings. The van der Waals surface area contributed by atoms with E-state index in [1.807, 2.05) is 12.1 Å². The maximum Gasteiger partial charge on any atom is 0.225 e. The Morgan fingerprint density at radius 1 is 1.13 bits per heavy atom. The zero-order chi connectivity index (χ0) is 21.9. The van der Waals surface area contributed by atoms with E-state index in [0.717, 1.165) is 5.56 Å². The Balaban J connectivity index is 1.58. The summed E-state index contributed by atoms with van der Waals surface area (Å²) in [4.78, 5) is 14.4. The summed E-state index contributed by atoms with van der Waals surface area (Å²) < 4.78 is 40.8. The predicted octanol–water partition coefficient (Wildman–Crippen LogP) is 4.33. The van der Waals surface area contributed by atoms with Crippen LogP contribution < -0.4 is 0 Å². The van der Waals surface area contributed by atoms with Crippen LogP contribution in [0, 0.1) is 11.7 Å². The summed E-state index contributed by atoms with van der Waals surface area (Å²) in [5, 5.41) is 0.727. The van der Waals surface area contributed by atoms with E-state index in [1.54, 1.807) is 24.1 Å². The summed E-state index contributed by atoms with van der Waals surface area (Å²) in [5.41, 5.74) is 0.942. The Bertz CT molecular complexity index is 987. The van der Waals surface area contributed by atoms with Crippen molar-refractivity contribution in [3.63, 3.8) is 0 Å². The molecule has 1 aliphatic heterocycles. The highest BCUT2D eigenvalue weighted by molar-refractivity contribution is 7.88. The lowest BCUT2D eigenvalue weighted by Crippen LogP contribution is -2.43. The molecule has 0 spiro atoms. The molecule has 0 aromatic heterocycles. The Kier molecular flexibility index (Phi) is 7.39. The minimum absolute atomic E-state index is 0.0147. The lowest BCUT2D eigenvalue weighted by Gasteiger charge is -2.32. The first-order chi connectivity index (χ1) is 14.2. The summed E-state index contributed by atoms with van der Waals surface area (Å²) in [5.74, 6) is -1.39. The number of carbonyl (C=O) groups is 1. The normalized spacial score (nSPS) is 15.9. The van der Waals surface area contributed by atoms with Gasteiger partial charge in [-0.2, -0.15) is 0 Å². The monoisotopic (exact) mass is 472 g/mol. The fourth-order valence-corrected chi connectivity index (χ4v) is 5.62. The lowest BCUT2D eigenvalue weighted by atomic mass is 9.96. The molecule has 0 N–H and O–H groups in total. The van der Waals surface area contributed by atoms with Gasteiger partial charge < -0.3 is 4.90 Å². The average Bonchev–Trinajstić information content (AvgIpc) is 2.72. The highest BCUT2D eigenvalue weighted by atomic mass is 35.5. The number of amides is 1. The molecule has 9 heteroatoms. The van der Waals surface area contributed by atoms with E-state index in [4.69, 9.17) is 23.2 Å². The number of carbonyl (C=O) groups excluding carboxylic acids is 1. The molecule has 0 saturated carbocycles. The summed E-state index contributed by atoms with van der Waals surface area (Å²) in [6, 6.07) is 11.4. The topological polar surface area (TPSA) is 57.7 Å². The van der Waals surface area contributed by atoms with Crippen LogP contribution in [0.5, 0.6) is 0 Å². The van der Waals surface area contributed by atoms with Crippen LogP contribution in [0.1, 0.15) is 24.0 Å². The van der Waals surface area contributed by atoms with Gasteiger partial charge in [-0.15, -0.1) is 0 Å². The summed E-state index contributed by atoms with van der Waals surface area (Å²) in [6.45, 7) is 0.902. The van der Waals surface area contributed by atoms with Gasteiger partial charge in [0.2, 0.25) is 15.9 Å². The van der Waals surface area contributed by atoms with E-state index in [1.165, 1.54) is 22.5 Å². The van der Waals surface area contributed by atoms with Crippen LogP contribution in [0.3, 0.4) is 0 Å². The number of hydrogen-bond donors (Lipinski definition) is 0. The van der Waals surface area contributed by atoms with Gasteiger partial charge in [-0.25, -0.2) is 17.1 Å².